The zero-order chi connectivity index (χ0) is 14.8. The van der Waals surface area contributed by atoms with E-state index in [2.05, 4.69) is 0 Å². The maximum absolute atomic E-state index is 12.6. The number of ether oxygens (including phenoxy) is 2. The van der Waals surface area contributed by atoms with Gasteiger partial charge in [-0.3, -0.25) is 0 Å². The highest BCUT2D eigenvalue weighted by Crippen LogP contribution is 2.30. The van der Waals surface area contributed by atoms with Gasteiger partial charge in [-0.2, -0.15) is 4.31 Å². The molecule has 0 amide bonds. The minimum Gasteiger partial charge on any atom is -0.495 e. The first-order chi connectivity index (χ1) is 9.48. The molecule has 0 bridgehead atoms. The van der Waals surface area contributed by atoms with Crippen LogP contribution in [0.2, 0.25) is 5.02 Å². The van der Waals surface area contributed by atoms with E-state index in [4.69, 9.17) is 26.2 Å². The molecule has 0 saturated carbocycles. The quantitative estimate of drug-likeness (QED) is 0.885. The molecule has 0 aliphatic carbocycles. The molecular formula is C12H16ClNO5S. The van der Waals surface area contributed by atoms with E-state index in [1.54, 1.807) is 0 Å². The summed E-state index contributed by atoms with van der Waals surface area (Å²) in [4.78, 5) is 0.0583. The summed E-state index contributed by atoms with van der Waals surface area (Å²) >= 11 is 5.84. The highest BCUT2D eigenvalue weighted by Gasteiger charge is 2.32. The molecular weight excluding hydrogens is 306 g/mol. The summed E-state index contributed by atoms with van der Waals surface area (Å²) in [6.07, 6.45) is -0.503. The molecule has 1 aliphatic rings. The molecule has 1 aromatic rings. The molecule has 1 saturated heterocycles. The summed E-state index contributed by atoms with van der Waals surface area (Å²) in [7, 11) is -2.32. The van der Waals surface area contributed by atoms with Gasteiger partial charge in [0.2, 0.25) is 10.0 Å². The molecule has 1 aromatic carbocycles. The molecule has 1 fully saturated rings. The largest absolute Gasteiger partial charge is 0.495 e. The molecule has 8 heteroatoms. The fraction of sp³-hybridized carbons (Fsp3) is 0.500. The van der Waals surface area contributed by atoms with Crippen LogP contribution in [0.15, 0.2) is 23.1 Å². The Morgan fingerprint density at radius 3 is 2.95 bits per heavy atom. The van der Waals surface area contributed by atoms with Gasteiger partial charge in [-0.05, 0) is 12.1 Å². The predicted molar refractivity (Wildman–Crippen MR) is 73.6 cm³/mol. The van der Waals surface area contributed by atoms with Crippen LogP contribution in [0.1, 0.15) is 0 Å². The Morgan fingerprint density at radius 2 is 2.30 bits per heavy atom. The molecule has 1 N–H and O–H groups in total. The Bertz CT molecular complexity index is 577. The summed E-state index contributed by atoms with van der Waals surface area (Å²) in [5.74, 6) is 0.199. The lowest BCUT2D eigenvalue weighted by Gasteiger charge is -2.31. The fourth-order valence-corrected chi connectivity index (χ4v) is 3.77. The maximum Gasteiger partial charge on any atom is 0.246 e. The van der Waals surface area contributed by atoms with E-state index in [1.807, 2.05) is 0 Å². The predicted octanol–water partition coefficient (Wildman–Crippen LogP) is 0.730. The monoisotopic (exact) mass is 321 g/mol. The Labute approximate surface area is 122 Å². The van der Waals surface area contributed by atoms with Crippen molar-refractivity contribution in [1.29, 1.82) is 0 Å². The van der Waals surface area contributed by atoms with Crippen molar-refractivity contribution < 1.29 is 23.0 Å². The van der Waals surface area contributed by atoms with Crippen LogP contribution in [0.5, 0.6) is 5.75 Å². The van der Waals surface area contributed by atoms with Gasteiger partial charge in [0, 0.05) is 24.2 Å². The lowest BCUT2D eigenvalue weighted by atomic mass is 10.3. The van der Waals surface area contributed by atoms with Gasteiger partial charge < -0.3 is 14.6 Å². The average Bonchev–Trinajstić information content (AvgIpc) is 2.46. The summed E-state index contributed by atoms with van der Waals surface area (Å²) in [5, 5.41) is 9.49. The van der Waals surface area contributed by atoms with Crippen LogP contribution in [0.3, 0.4) is 0 Å². The van der Waals surface area contributed by atoms with E-state index in [9.17, 15) is 8.42 Å². The van der Waals surface area contributed by atoms with Gasteiger partial charge in [0.15, 0.2) is 0 Å². The number of methoxy groups -OCH3 is 1. The number of morpholine rings is 1. The number of halogens is 1. The second-order valence-corrected chi connectivity index (χ2v) is 6.68. The van der Waals surface area contributed by atoms with Gasteiger partial charge in [0.1, 0.15) is 10.6 Å². The van der Waals surface area contributed by atoms with Gasteiger partial charge in [0.25, 0.3) is 0 Å². The van der Waals surface area contributed by atoms with E-state index in [1.165, 1.54) is 29.6 Å². The number of hydrogen-bond donors (Lipinski definition) is 1. The van der Waals surface area contributed by atoms with Crippen LogP contribution >= 0.6 is 11.6 Å². The van der Waals surface area contributed by atoms with Crippen molar-refractivity contribution in [3.05, 3.63) is 23.2 Å². The lowest BCUT2D eigenvalue weighted by Crippen LogP contribution is -2.46. The van der Waals surface area contributed by atoms with Crippen molar-refractivity contribution in [1.82, 2.24) is 4.31 Å². The van der Waals surface area contributed by atoms with Crippen LogP contribution < -0.4 is 4.74 Å². The van der Waals surface area contributed by atoms with Crippen molar-refractivity contribution in [2.24, 2.45) is 0 Å². The van der Waals surface area contributed by atoms with Gasteiger partial charge in [0.05, 0.1) is 26.4 Å². The Balaban J connectivity index is 2.35. The van der Waals surface area contributed by atoms with Crippen LogP contribution in [0.4, 0.5) is 0 Å². The Kier molecular flexibility index (Phi) is 4.87. The molecule has 6 nitrogen and oxygen atoms in total. The number of aliphatic hydroxyl groups excluding tert-OH is 1. The van der Waals surface area contributed by atoms with Crippen molar-refractivity contribution >= 4 is 21.6 Å². The molecule has 0 aromatic heterocycles. The topological polar surface area (TPSA) is 76.1 Å². The molecule has 1 atom stereocenters. The van der Waals surface area contributed by atoms with Crippen LogP contribution in [-0.4, -0.2) is 57.3 Å². The molecule has 0 spiro atoms. The molecule has 2 rings (SSSR count). The highest BCUT2D eigenvalue weighted by molar-refractivity contribution is 7.89. The third kappa shape index (κ3) is 3.07. The van der Waals surface area contributed by atoms with E-state index < -0.39 is 16.1 Å². The summed E-state index contributed by atoms with van der Waals surface area (Å²) in [6, 6.07) is 4.37. The first kappa shape index (κ1) is 15.5. The zero-order valence-electron chi connectivity index (χ0n) is 11.0. The molecule has 0 radical (unpaired) electrons. The van der Waals surface area contributed by atoms with Gasteiger partial charge in [-0.15, -0.1) is 0 Å². The first-order valence-electron chi connectivity index (χ1n) is 6.05. The zero-order valence-corrected chi connectivity index (χ0v) is 12.5. The van der Waals surface area contributed by atoms with Gasteiger partial charge in [-0.25, -0.2) is 8.42 Å². The summed E-state index contributed by atoms with van der Waals surface area (Å²) in [6.45, 7) is 0.388. The Hall–Kier alpha value is -0.860. The molecule has 1 heterocycles. The number of nitrogens with zero attached hydrogens (tertiary/aromatic N) is 1. The second kappa shape index (κ2) is 6.28. The van der Waals surface area contributed by atoms with Crippen LogP contribution in [-0.2, 0) is 14.8 Å². The molecule has 1 aliphatic heterocycles. The molecule has 20 heavy (non-hydrogen) atoms. The van der Waals surface area contributed by atoms with Crippen molar-refractivity contribution in [2.75, 3.05) is 33.4 Å². The highest BCUT2D eigenvalue weighted by atomic mass is 35.5. The number of rotatable bonds is 4. The van der Waals surface area contributed by atoms with Crippen LogP contribution in [0, 0.1) is 0 Å². The second-order valence-electron chi connectivity index (χ2n) is 4.33. The minimum absolute atomic E-state index is 0.0583. The van der Waals surface area contributed by atoms with Gasteiger partial charge >= 0.3 is 0 Å². The fourth-order valence-electron chi connectivity index (χ4n) is 2.01. The number of sulfonamides is 1. The molecule has 112 valence electrons. The van der Waals surface area contributed by atoms with Gasteiger partial charge in [-0.1, -0.05) is 11.6 Å². The third-order valence-electron chi connectivity index (χ3n) is 3.05. The number of benzene rings is 1. The van der Waals surface area contributed by atoms with Crippen molar-refractivity contribution in [3.63, 3.8) is 0 Å². The summed E-state index contributed by atoms with van der Waals surface area (Å²) in [5.41, 5.74) is 0. The smallest absolute Gasteiger partial charge is 0.246 e. The summed E-state index contributed by atoms with van der Waals surface area (Å²) < 4.78 is 36.8. The van der Waals surface area contributed by atoms with E-state index in [-0.39, 0.29) is 36.9 Å². The van der Waals surface area contributed by atoms with E-state index in [0.29, 0.717) is 5.02 Å². The first-order valence-corrected chi connectivity index (χ1v) is 7.87. The van der Waals surface area contributed by atoms with Crippen molar-refractivity contribution in [3.8, 4) is 5.75 Å². The maximum atomic E-state index is 12.6. The normalized spacial score (nSPS) is 20.9. The number of hydrogen-bond acceptors (Lipinski definition) is 5. The average molecular weight is 322 g/mol. The third-order valence-corrected chi connectivity index (χ3v) is 5.19. The Morgan fingerprint density at radius 1 is 1.55 bits per heavy atom. The minimum atomic E-state index is -3.71. The van der Waals surface area contributed by atoms with Crippen molar-refractivity contribution in [2.45, 2.75) is 11.0 Å². The van der Waals surface area contributed by atoms with Crippen LogP contribution in [0.25, 0.3) is 0 Å². The molecule has 1 unspecified atom stereocenters. The lowest BCUT2D eigenvalue weighted by molar-refractivity contribution is -0.0304. The number of aliphatic hydroxyl groups is 1. The van der Waals surface area contributed by atoms with E-state index in [0.717, 1.165) is 0 Å². The van der Waals surface area contributed by atoms with E-state index >= 15 is 0 Å². The standard InChI is InChI=1S/C12H16ClNO5S/c1-18-11-6-9(13)2-3-12(11)20(16,17)14-4-5-19-10(7-14)8-15/h2-3,6,10,15H,4-5,7-8H2,1H3. The SMILES string of the molecule is COc1cc(Cl)ccc1S(=O)(=O)N1CCOC(CO)C1.